The van der Waals surface area contributed by atoms with Gasteiger partial charge in [0.2, 0.25) is 5.91 Å². The Morgan fingerprint density at radius 2 is 2.12 bits per heavy atom. The molecule has 1 heterocycles. The van der Waals surface area contributed by atoms with Crippen LogP contribution in [-0.2, 0) is 4.79 Å². The van der Waals surface area contributed by atoms with Gasteiger partial charge in [-0.15, -0.1) is 0 Å². The standard InChI is InChI=1S/C14H26N2O/c1-14(2)8-4-9-15-12(14)13(17)16-10-7-11-5-3-6-11/h11-12,15H,3-10H2,1-2H3,(H,16,17). The summed E-state index contributed by atoms with van der Waals surface area (Å²) in [5.41, 5.74) is 0.0960. The van der Waals surface area contributed by atoms with Gasteiger partial charge in [-0.2, -0.15) is 0 Å². The van der Waals surface area contributed by atoms with Gasteiger partial charge in [-0.05, 0) is 37.1 Å². The topological polar surface area (TPSA) is 41.1 Å². The molecule has 1 amide bonds. The summed E-state index contributed by atoms with van der Waals surface area (Å²) >= 11 is 0. The quantitative estimate of drug-likeness (QED) is 0.787. The number of hydrogen-bond donors (Lipinski definition) is 2. The lowest BCUT2D eigenvalue weighted by molar-refractivity contribution is -0.126. The second-order valence-electron chi connectivity index (χ2n) is 6.36. The van der Waals surface area contributed by atoms with Crippen molar-refractivity contribution in [1.29, 1.82) is 0 Å². The summed E-state index contributed by atoms with van der Waals surface area (Å²) in [5.74, 6) is 1.08. The van der Waals surface area contributed by atoms with Gasteiger partial charge in [-0.25, -0.2) is 0 Å². The van der Waals surface area contributed by atoms with Crippen molar-refractivity contribution in [2.75, 3.05) is 13.1 Å². The Bertz CT molecular complexity index is 271. The van der Waals surface area contributed by atoms with E-state index in [0.717, 1.165) is 25.4 Å². The molecule has 1 aliphatic heterocycles. The molecule has 0 aromatic rings. The van der Waals surface area contributed by atoms with Crippen LogP contribution in [0.25, 0.3) is 0 Å². The molecular weight excluding hydrogens is 212 g/mol. The normalized spacial score (nSPS) is 28.5. The minimum Gasteiger partial charge on any atom is -0.355 e. The first-order valence-corrected chi connectivity index (χ1v) is 7.11. The van der Waals surface area contributed by atoms with Gasteiger partial charge >= 0.3 is 0 Å². The van der Waals surface area contributed by atoms with E-state index in [1.54, 1.807) is 0 Å². The Morgan fingerprint density at radius 3 is 2.71 bits per heavy atom. The molecule has 3 heteroatoms. The van der Waals surface area contributed by atoms with Crippen LogP contribution >= 0.6 is 0 Å². The lowest BCUT2D eigenvalue weighted by Crippen LogP contribution is -2.55. The van der Waals surface area contributed by atoms with Crippen LogP contribution in [-0.4, -0.2) is 25.0 Å². The fourth-order valence-corrected chi connectivity index (χ4v) is 2.94. The zero-order valence-electron chi connectivity index (χ0n) is 11.2. The van der Waals surface area contributed by atoms with E-state index in [1.807, 2.05) is 0 Å². The van der Waals surface area contributed by atoms with E-state index in [9.17, 15) is 4.79 Å². The van der Waals surface area contributed by atoms with Crippen molar-refractivity contribution in [2.24, 2.45) is 11.3 Å². The summed E-state index contributed by atoms with van der Waals surface area (Å²) in [6.45, 7) is 6.21. The zero-order chi connectivity index (χ0) is 12.3. The molecule has 2 fully saturated rings. The highest BCUT2D eigenvalue weighted by atomic mass is 16.2. The Kier molecular flexibility index (Phi) is 4.08. The summed E-state index contributed by atoms with van der Waals surface area (Å²) in [6, 6.07) is -0.00218. The largest absolute Gasteiger partial charge is 0.355 e. The number of rotatable bonds is 4. The molecule has 0 bridgehead atoms. The molecule has 0 radical (unpaired) electrons. The molecule has 2 rings (SSSR count). The van der Waals surface area contributed by atoms with Crippen molar-refractivity contribution in [3.8, 4) is 0 Å². The van der Waals surface area contributed by atoms with Crippen molar-refractivity contribution >= 4 is 5.91 Å². The Hall–Kier alpha value is -0.570. The van der Waals surface area contributed by atoms with Crippen LogP contribution in [0.5, 0.6) is 0 Å². The minimum absolute atomic E-state index is 0.00218. The number of nitrogens with one attached hydrogen (secondary N) is 2. The average molecular weight is 238 g/mol. The molecule has 1 saturated heterocycles. The summed E-state index contributed by atoms with van der Waals surface area (Å²) in [4.78, 5) is 12.1. The van der Waals surface area contributed by atoms with Crippen molar-refractivity contribution in [3.63, 3.8) is 0 Å². The molecule has 0 aromatic carbocycles. The second kappa shape index (κ2) is 5.38. The summed E-state index contributed by atoms with van der Waals surface area (Å²) in [5, 5.41) is 6.47. The number of amides is 1. The number of piperidine rings is 1. The van der Waals surface area contributed by atoms with Crippen LogP contribution in [0, 0.1) is 11.3 Å². The number of hydrogen-bond acceptors (Lipinski definition) is 2. The van der Waals surface area contributed by atoms with E-state index >= 15 is 0 Å². The van der Waals surface area contributed by atoms with Gasteiger partial charge < -0.3 is 10.6 Å². The molecule has 17 heavy (non-hydrogen) atoms. The Balaban J connectivity index is 1.73. The van der Waals surface area contributed by atoms with Crippen LogP contribution in [0.4, 0.5) is 0 Å². The van der Waals surface area contributed by atoms with Crippen LogP contribution in [0.2, 0.25) is 0 Å². The van der Waals surface area contributed by atoms with Gasteiger partial charge in [0.1, 0.15) is 0 Å². The smallest absolute Gasteiger partial charge is 0.237 e. The lowest BCUT2D eigenvalue weighted by atomic mass is 9.77. The fourth-order valence-electron chi connectivity index (χ4n) is 2.94. The molecule has 2 N–H and O–H groups in total. The second-order valence-corrected chi connectivity index (χ2v) is 6.36. The average Bonchev–Trinajstić information content (AvgIpc) is 2.20. The molecule has 98 valence electrons. The number of carbonyl (C=O) groups excluding carboxylic acids is 1. The molecule has 3 nitrogen and oxygen atoms in total. The predicted molar refractivity (Wildman–Crippen MR) is 69.8 cm³/mol. The van der Waals surface area contributed by atoms with Crippen LogP contribution < -0.4 is 10.6 Å². The van der Waals surface area contributed by atoms with E-state index < -0.39 is 0 Å². The Labute approximate surface area is 105 Å². The van der Waals surface area contributed by atoms with E-state index in [2.05, 4.69) is 24.5 Å². The van der Waals surface area contributed by atoms with Crippen molar-refractivity contribution < 1.29 is 4.79 Å². The summed E-state index contributed by atoms with van der Waals surface area (Å²) in [7, 11) is 0. The third-order valence-electron chi connectivity index (χ3n) is 4.47. The zero-order valence-corrected chi connectivity index (χ0v) is 11.2. The van der Waals surface area contributed by atoms with Gasteiger partial charge in [-0.1, -0.05) is 33.1 Å². The first kappa shape index (κ1) is 12.9. The van der Waals surface area contributed by atoms with Crippen molar-refractivity contribution in [2.45, 2.75) is 58.4 Å². The van der Waals surface area contributed by atoms with E-state index in [4.69, 9.17) is 0 Å². The lowest BCUT2D eigenvalue weighted by Gasteiger charge is -2.38. The first-order valence-electron chi connectivity index (χ1n) is 7.11. The molecule has 1 saturated carbocycles. The molecule has 1 aliphatic carbocycles. The Morgan fingerprint density at radius 1 is 1.35 bits per heavy atom. The molecular formula is C14H26N2O. The molecule has 1 unspecified atom stereocenters. The third kappa shape index (κ3) is 3.21. The van der Waals surface area contributed by atoms with Gasteiger partial charge in [0.05, 0.1) is 6.04 Å². The highest BCUT2D eigenvalue weighted by Crippen LogP contribution is 2.31. The van der Waals surface area contributed by atoms with Gasteiger partial charge in [0, 0.05) is 6.54 Å². The van der Waals surface area contributed by atoms with Crippen LogP contribution in [0.1, 0.15) is 52.4 Å². The number of carbonyl (C=O) groups is 1. The predicted octanol–water partition coefficient (Wildman–Crippen LogP) is 2.07. The highest BCUT2D eigenvalue weighted by molar-refractivity contribution is 5.82. The maximum atomic E-state index is 12.1. The summed E-state index contributed by atoms with van der Waals surface area (Å²) < 4.78 is 0. The molecule has 1 atom stereocenters. The van der Waals surface area contributed by atoms with Gasteiger partial charge in [0.15, 0.2) is 0 Å². The van der Waals surface area contributed by atoms with Gasteiger partial charge in [-0.3, -0.25) is 4.79 Å². The highest BCUT2D eigenvalue weighted by Gasteiger charge is 2.36. The van der Waals surface area contributed by atoms with Gasteiger partial charge in [0.25, 0.3) is 0 Å². The first-order chi connectivity index (χ1) is 8.09. The molecule has 0 aromatic heterocycles. The fraction of sp³-hybridized carbons (Fsp3) is 0.929. The minimum atomic E-state index is -0.00218. The van der Waals surface area contributed by atoms with Crippen LogP contribution in [0.3, 0.4) is 0 Å². The third-order valence-corrected chi connectivity index (χ3v) is 4.47. The molecule has 0 spiro atoms. The van der Waals surface area contributed by atoms with Crippen molar-refractivity contribution in [1.82, 2.24) is 10.6 Å². The SMILES string of the molecule is CC1(C)CCCNC1C(=O)NCCC1CCC1. The van der Waals surface area contributed by atoms with E-state index in [0.29, 0.717) is 0 Å². The monoisotopic (exact) mass is 238 g/mol. The van der Waals surface area contributed by atoms with E-state index in [1.165, 1.54) is 32.1 Å². The summed E-state index contributed by atoms with van der Waals surface area (Å²) in [6.07, 6.45) is 7.60. The maximum Gasteiger partial charge on any atom is 0.237 e. The maximum absolute atomic E-state index is 12.1. The van der Waals surface area contributed by atoms with Crippen LogP contribution in [0.15, 0.2) is 0 Å². The molecule has 2 aliphatic rings. The van der Waals surface area contributed by atoms with E-state index in [-0.39, 0.29) is 17.4 Å². The van der Waals surface area contributed by atoms with Crippen molar-refractivity contribution in [3.05, 3.63) is 0 Å².